The largest absolute Gasteiger partial charge is 0.422 e. The number of halogens is 1. The van der Waals surface area contributed by atoms with Crippen molar-refractivity contribution < 1.29 is 13.9 Å². The van der Waals surface area contributed by atoms with Crippen molar-refractivity contribution in [2.45, 2.75) is 26.0 Å². The zero-order valence-electron chi connectivity index (χ0n) is 16.8. The van der Waals surface area contributed by atoms with Crippen LogP contribution in [0.4, 0.5) is 5.69 Å². The van der Waals surface area contributed by atoms with Crippen LogP contribution in [0.15, 0.2) is 59.6 Å². The van der Waals surface area contributed by atoms with Crippen molar-refractivity contribution in [3.8, 4) is 5.75 Å². The lowest BCUT2D eigenvalue weighted by atomic mass is 10.3. The average Bonchev–Trinajstić information content (AvgIpc) is 2.67. The number of rotatable bonds is 8. The van der Waals surface area contributed by atoms with Gasteiger partial charge < -0.3 is 9.84 Å². The van der Waals surface area contributed by atoms with E-state index in [2.05, 4.69) is 10.3 Å². The van der Waals surface area contributed by atoms with Gasteiger partial charge in [0.2, 0.25) is 5.91 Å². The minimum Gasteiger partial charge on any atom is -0.422 e. The third-order valence-electron chi connectivity index (χ3n) is 3.67. The van der Waals surface area contributed by atoms with Gasteiger partial charge in [-0.25, -0.2) is 9.56 Å². The summed E-state index contributed by atoms with van der Waals surface area (Å²) in [4.78, 5) is 16.7. The zero-order chi connectivity index (χ0) is 21.4. The first-order chi connectivity index (χ1) is 13.7. The van der Waals surface area contributed by atoms with Crippen LogP contribution in [0, 0.1) is 0 Å². The highest BCUT2D eigenvalue weighted by molar-refractivity contribution is 8.56. The number of para-hydroxylation sites is 1. The van der Waals surface area contributed by atoms with E-state index in [4.69, 9.17) is 16.1 Å². The molecule has 1 N–H and O–H groups in total. The molecule has 2 aromatic carbocycles. The number of amidine groups is 1. The Morgan fingerprint density at radius 1 is 1.21 bits per heavy atom. The van der Waals surface area contributed by atoms with Gasteiger partial charge in [0.05, 0.1) is 5.69 Å². The number of hydrogen-bond acceptors (Lipinski definition) is 5. The Balaban J connectivity index is 2.47. The van der Waals surface area contributed by atoms with Crippen LogP contribution in [0.1, 0.15) is 20.8 Å². The quantitative estimate of drug-likeness (QED) is 0.312. The number of carbonyl (C=O) groups is 1. The van der Waals surface area contributed by atoms with Gasteiger partial charge in [-0.15, -0.1) is 0 Å². The van der Waals surface area contributed by atoms with Gasteiger partial charge in [0.25, 0.3) is 0 Å². The molecular weight excluding hydrogens is 429 g/mol. The molecule has 2 aromatic rings. The maximum absolute atomic E-state index is 14.0. The number of benzene rings is 2. The molecule has 0 spiro atoms. The van der Waals surface area contributed by atoms with Crippen molar-refractivity contribution in [1.29, 1.82) is 0 Å². The molecule has 0 radical (unpaired) electrons. The molecule has 0 aromatic heterocycles. The van der Waals surface area contributed by atoms with Crippen molar-refractivity contribution in [1.82, 2.24) is 9.99 Å². The second kappa shape index (κ2) is 10.7. The van der Waals surface area contributed by atoms with E-state index in [1.54, 1.807) is 55.5 Å². The summed E-state index contributed by atoms with van der Waals surface area (Å²) in [6.07, 6.45) is 0. The number of aliphatic imine (C=N–C) groups is 1. The highest BCUT2D eigenvalue weighted by Crippen LogP contribution is 2.63. The van der Waals surface area contributed by atoms with E-state index in [9.17, 15) is 9.36 Å². The third kappa shape index (κ3) is 7.11. The van der Waals surface area contributed by atoms with Crippen molar-refractivity contribution in [3.05, 3.63) is 59.6 Å². The number of nitrogens with zero attached hydrogens (tertiary/aromatic N) is 2. The maximum atomic E-state index is 14.0. The first-order valence-corrected chi connectivity index (χ1v) is 12.5. The fourth-order valence-corrected chi connectivity index (χ4v) is 7.22. The summed E-state index contributed by atoms with van der Waals surface area (Å²) in [5.41, 5.74) is 0.634. The molecule has 0 aliphatic heterocycles. The molecule has 0 bridgehead atoms. The van der Waals surface area contributed by atoms with Crippen LogP contribution in [0.25, 0.3) is 0 Å². The summed E-state index contributed by atoms with van der Waals surface area (Å²) in [6.45, 7) is 1.87. The van der Waals surface area contributed by atoms with Gasteiger partial charge in [0.15, 0.2) is 0 Å². The first-order valence-electron chi connectivity index (χ1n) is 9.06. The van der Waals surface area contributed by atoms with Gasteiger partial charge in [-0.3, -0.25) is 9.46 Å². The minimum absolute atomic E-state index is 0.0000604. The molecule has 0 saturated carbocycles. The van der Waals surface area contributed by atoms with Crippen LogP contribution in [0.2, 0.25) is 5.02 Å². The molecule has 1 unspecified atom stereocenters. The molecule has 0 fully saturated rings. The molecule has 9 heteroatoms. The average molecular weight is 454 g/mol. The van der Waals surface area contributed by atoms with Crippen LogP contribution < -0.4 is 9.84 Å². The van der Waals surface area contributed by atoms with Gasteiger partial charge in [0, 0.05) is 17.3 Å². The smallest absolute Gasteiger partial charge is 0.404 e. The number of nitrogens with one attached hydrogen (secondary N) is 1. The van der Waals surface area contributed by atoms with E-state index in [1.165, 1.54) is 23.1 Å². The van der Waals surface area contributed by atoms with Gasteiger partial charge in [-0.05, 0) is 54.7 Å². The summed E-state index contributed by atoms with van der Waals surface area (Å²) in [6, 6.07) is 15.9. The minimum atomic E-state index is -3.54. The SMILES string of the molecule is CNC(=O)CN(C(C)=Nc1ccc(Cl)cc1)P(=O)(Oc1ccccc1)SC(C)C. The zero-order valence-corrected chi connectivity index (χ0v) is 19.3. The van der Waals surface area contributed by atoms with E-state index in [-0.39, 0.29) is 17.7 Å². The highest BCUT2D eigenvalue weighted by atomic mass is 35.5. The van der Waals surface area contributed by atoms with Crippen molar-refractivity contribution >= 4 is 47.1 Å². The van der Waals surface area contributed by atoms with Crippen molar-refractivity contribution in [2.24, 2.45) is 4.99 Å². The normalized spacial score (nSPS) is 13.7. The van der Waals surface area contributed by atoms with Crippen LogP contribution in [-0.2, 0) is 9.36 Å². The van der Waals surface area contributed by atoms with Gasteiger partial charge in [-0.1, -0.05) is 43.6 Å². The van der Waals surface area contributed by atoms with Crippen LogP contribution in [0.5, 0.6) is 5.75 Å². The standard InChI is InChI=1S/C20H25ClN3O3PS/c1-15(2)29-28(26,27-19-8-6-5-7-9-19)24(14-20(25)22-4)16(3)23-18-12-10-17(21)11-13-18/h5-13,15H,14H2,1-4H3,(H,22,25). The van der Waals surface area contributed by atoms with E-state index in [1.807, 2.05) is 19.9 Å². The summed E-state index contributed by atoms with van der Waals surface area (Å²) in [7, 11) is 1.53. The molecule has 0 saturated heterocycles. The number of likely N-dealkylation sites (N-methyl/N-ethyl adjacent to an activating group) is 1. The third-order valence-corrected chi connectivity index (χ3v) is 8.95. The molecule has 156 valence electrons. The Labute approximate surface area is 180 Å². The van der Waals surface area contributed by atoms with Gasteiger partial charge >= 0.3 is 6.72 Å². The van der Waals surface area contributed by atoms with Crippen LogP contribution in [-0.4, -0.2) is 35.3 Å². The van der Waals surface area contributed by atoms with Gasteiger partial charge in [0.1, 0.15) is 18.1 Å². The molecule has 29 heavy (non-hydrogen) atoms. The van der Waals surface area contributed by atoms with Crippen LogP contribution >= 0.6 is 29.7 Å². The monoisotopic (exact) mass is 453 g/mol. The van der Waals surface area contributed by atoms with Crippen molar-refractivity contribution in [3.63, 3.8) is 0 Å². The fourth-order valence-electron chi connectivity index (χ4n) is 2.36. The molecule has 1 amide bonds. The number of hydrogen-bond donors (Lipinski definition) is 1. The van der Waals surface area contributed by atoms with Gasteiger partial charge in [-0.2, -0.15) is 0 Å². The Morgan fingerprint density at radius 3 is 2.38 bits per heavy atom. The Hall–Kier alpha value is -1.95. The molecule has 0 heterocycles. The predicted molar refractivity (Wildman–Crippen MR) is 122 cm³/mol. The summed E-state index contributed by atoms with van der Waals surface area (Å²) in [5.74, 6) is 0.574. The molecule has 6 nitrogen and oxygen atoms in total. The summed E-state index contributed by atoms with van der Waals surface area (Å²) >= 11 is 7.11. The second-order valence-corrected chi connectivity index (χ2v) is 11.6. The fraction of sp³-hybridized carbons (Fsp3) is 0.300. The van der Waals surface area contributed by atoms with Crippen molar-refractivity contribution in [2.75, 3.05) is 13.6 Å². The Bertz CT molecular complexity index is 892. The lowest BCUT2D eigenvalue weighted by molar-refractivity contribution is -0.120. The molecular formula is C20H25ClN3O3PS. The molecule has 1 atom stereocenters. The summed E-state index contributed by atoms with van der Waals surface area (Å²) in [5, 5.41) is 3.17. The van der Waals surface area contributed by atoms with E-state index in [0.29, 0.717) is 22.3 Å². The summed E-state index contributed by atoms with van der Waals surface area (Å²) < 4.78 is 21.4. The predicted octanol–water partition coefficient (Wildman–Crippen LogP) is 5.77. The lowest BCUT2D eigenvalue weighted by Gasteiger charge is -2.32. The second-order valence-electron chi connectivity index (χ2n) is 6.39. The van der Waals surface area contributed by atoms with E-state index >= 15 is 0 Å². The number of carbonyl (C=O) groups excluding carboxylic acids is 1. The lowest BCUT2D eigenvalue weighted by Crippen LogP contribution is -2.37. The Kier molecular flexibility index (Phi) is 8.62. The van der Waals surface area contributed by atoms with E-state index < -0.39 is 6.72 Å². The first kappa shape index (κ1) is 23.3. The molecule has 0 aliphatic carbocycles. The molecule has 2 rings (SSSR count). The maximum Gasteiger partial charge on any atom is 0.404 e. The number of amides is 1. The Morgan fingerprint density at radius 2 is 1.83 bits per heavy atom. The highest BCUT2D eigenvalue weighted by Gasteiger charge is 2.38. The topological polar surface area (TPSA) is 71.0 Å². The molecule has 0 aliphatic rings. The van der Waals surface area contributed by atoms with Crippen LogP contribution in [0.3, 0.4) is 0 Å². The van der Waals surface area contributed by atoms with E-state index in [0.717, 1.165) is 0 Å².